The van der Waals surface area contributed by atoms with Gasteiger partial charge >= 0.3 is 6.01 Å². The average Bonchev–Trinajstić information content (AvgIpc) is 3.30. The molecule has 1 atom stereocenters. The van der Waals surface area contributed by atoms with E-state index in [-0.39, 0.29) is 36.0 Å². The van der Waals surface area contributed by atoms with E-state index in [1.807, 2.05) is 4.90 Å². The maximum absolute atomic E-state index is 14.0. The van der Waals surface area contributed by atoms with E-state index in [9.17, 15) is 9.18 Å². The van der Waals surface area contributed by atoms with Gasteiger partial charge in [0.25, 0.3) is 5.89 Å². The molecule has 30 heavy (non-hydrogen) atoms. The van der Waals surface area contributed by atoms with Gasteiger partial charge in [0.15, 0.2) is 5.82 Å². The number of hydrogen-bond donors (Lipinski definition) is 1. The SMILES string of the molecule is O=C(CN1CCCC[C@@H]1c1nnc(-c2ccccc2F)o1)Nc1nc(C2CC2)no1. The third-order valence-corrected chi connectivity index (χ3v) is 5.42. The van der Waals surface area contributed by atoms with Crippen LogP contribution in [0.1, 0.15) is 55.8 Å². The molecule has 3 aromatic rings. The quantitative estimate of drug-likeness (QED) is 0.657. The van der Waals surface area contributed by atoms with Crippen molar-refractivity contribution < 1.29 is 18.1 Å². The minimum atomic E-state index is -0.419. The standard InChI is InChI=1S/C20H21FN6O3/c21-14-6-2-1-5-13(14)18-24-25-19(29-18)15-7-3-4-10-27(15)11-16(28)22-20-23-17(26-30-20)12-8-9-12/h1-2,5-6,12,15H,3-4,7-11H2,(H,22,23,26,28)/t15-/m1/s1. The Morgan fingerprint density at radius 1 is 1.20 bits per heavy atom. The molecule has 2 aliphatic rings. The summed E-state index contributed by atoms with van der Waals surface area (Å²) in [5.74, 6) is 0.852. The van der Waals surface area contributed by atoms with Crippen LogP contribution in [-0.4, -0.2) is 44.2 Å². The molecule has 9 nitrogen and oxygen atoms in total. The Morgan fingerprint density at radius 3 is 2.90 bits per heavy atom. The van der Waals surface area contributed by atoms with Gasteiger partial charge in [0, 0.05) is 5.92 Å². The second-order valence-corrected chi connectivity index (χ2v) is 7.69. The van der Waals surface area contributed by atoms with Crippen molar-refractivity contribution in [2.45, 2.75) is 44.1 Å². The number of nitrogens with zero attached hydrogens (tertiary/aromatic N) is 5. The molecule has 1 saturated heterocycles. The summed E-state index contributed by atoms with van der Waals surface area (Å²) in [4.78, 5) is 18.7. The van der Waals surface area contributed by atoms with Crippen LogP contribution in [0.3, 0.4) is 0 Å². The van der Waals surface area contributed by atoms with E-state index >= 15 is 0 Å². The van der Waals surface area contributed by atoms with Crippen LogP contribution in [0.4, 0.5) is 10.4 Å². The van der Waals surface area contributed by atoms with Crippen LogP contribution in [0, 0.1) is 5.82 Å². The van der Waals surface area contributed by atoms with Crippen molar-refractivity contribution in [3.8, 4) is 11.5 Å². The molecule has 1 aromatic carbocycles. The molecule has 2 aromatic heterocycles. The smallest absolute Gasteiger partial charge is 0.328 e. The number of nitrogens with one attached hydrogen (secondary N) is 1. The fraction of sp³-hybridized carbons (Fsp3) is 0.450. The molecule has 3 heterocycles. The van der Waals surface area contributed by atoms with Crippen LogP contribution in [-0.2, 0) is 4.79 Å². The second-order valence-electron chi connectivity index (χ2n) is 7.69. The molecule has 1 aliphatic heterocycles. The number of aromatic nitrogens is 4. The van der Waals surface area contributed by atoms with Crippen molar-refractivity contribution in [3.63, 3.8) is 0 Å². The van der Waals surface area contributed by atoms with Gasteiger partial charge in [-0.15, -0.1) is 10.2 Å². The molecule has 1 aliphatic carbocycles. The van der Waals surface area contributed by atoms with Crippen molar-refractivity contribution in [2.24, 2.45) is 0 Å². The molecule has 0 bridgehead atoms. The first-order valence-corrected chi connectivity index (χ1v) is 10.1. The molecule has 10 heteroatoms. The number of halogens is 1. The summed E-state index contributed by atoms with van der Waals surface area (Å²) in [6.45, 7) is 0.843. The maximum Gasteiger partial charge on any atom is 0.328 e. The summed E-state index contributed by atoms with van der Waals surface area (Å²) in [7, 11) is 0. The number of carbonyl (C=O) groups excluding carboxylic acids is 1. The third kappa shape index (κ3) is 3.95. The minimum absolute atomic E-state index is 0.120. The maximum atomic E-state index is 14.0. The van der Waals surface area contributed by atoms with Gasteiger partial charge in [-0.3, -0.25) is 15.0 Å². The molecule has 0 spiro atoms. The minimum Gasteiger partial charge on any atom is -0.419 e. The van der Waals surface area contributed by atoms with Gasteiger partial charge in [-0.2, -0.15) is 4.98 Å². The van der Waals surface area contributed by atoms with E-state index in [1.165, 1.54) is 6.07 Å². The van der Waals surface area contributed by atoms with Gasteiger partial charge in [0.05, 0.1) is 18.2 Å². The lowest BCUT2D eigenvalue weighted by Crippen LogP contribution is -2.39. The Bertz CT molecular complexity index is 1050. The Labute approximate surface area is 171 Å². The van der Waals surface area contributed by atoms with E-state index in [1.54, 1.807) is 18.2 Å². The molecule has 1 saturated carbocycles. The van der Waals surface area contributed by atoms with Crippen LogP contribution in [0.2, 0.25) is 0 Å². The normalized spacial score (nSPS) is 19.7. The van der Waals surface area contributed by atoms with Gasteiger partial charge in [0.1, 0.15) is 5.82 Å². The van der Waals surface area contributed by atoms with Crippen LogP contribution in [0.5, 0.6) is 0 Å². The monoisotopic (exact) mass is 412 g/mol. The third-order valence-electron chi connectivity index (χ3n) is 5.42. The number of piperidine rings is 1. The van der Waals surface area contributed by atoms with Crippen molar-refractivity contribution in [1.29, 1.82) is 0 Å². The highest BCUT2D eigenvalue weighted by molar-refractivity contribution is 5.90. The number of amides is 1. The zero-order chi connectivity index (χ0) is 20.5. The lowest BCUT2D eigenvalue weighted by molar-refractivity contribution is -0.118. The van der Waals surface area contributed by atoms with Crippen molar-refractivity contribution >= 4 is 11.9 Å². The molecular formula is C20H21FN6O3. The van der Waals surface area contributed by atoms with Gasteiger partial charge in [-0.25, -0.2) is 4.39 Å². The lowest BCUT2D eigenvalue weighted by Gasteiger charge is -2.32. The van der Waals surface area contributed by atoms with Crippen LogP contribution in [0.25, 0.3) is 11.5 Å². The van der Waals surface area contributed by atoms with E-state index in [2.05, 4.69) is 25.7 Å². The molecule has 2 fully saturated rings. The van der Waals surface area contributed by atoms with Crippen LogP contribution in [0.15, 0.2) is 33.2 Å². The summed E-state index contributed by atoms with van der Waals surface area (Å²) in [6, 6.07) is 6.18. The fourth-order valence-corrected chi connectivity index (χ4v) is 3.71. The average molecular weight is 412 g/mol. The first-order valence-electron chi connectivity index (χ1n) is 10.1. The lowest BCUT2D eigenvalue weighted by atomic mass is 10.0. The molecular weight excluding hydrogens is 391 g/mol. The van der Waals surface area contributed by atoms with E-state index in [0.717, 1.165) is 32.1 Å². The van der Waals surface area contributed by atoms with Gasteiger partial charge in [0.2, 0.25) is 11.8 Å². The Hall–Kier alpha value is -3.14. The number of anilines is 1. The van der Waals surface area contributed by atoms with E-state index in [0.29, 0.717) is 24.2 Å². The highest BCUT2D eigenvalue weighted by Crippen LogP contribution is 2.38. The number of rotatable bonds is 6. The topological polar surface area (TPSA) is 110 Å². The number of hydrogen-bond acceptors (Lipinski definition) is 8. The summed E-state index contributed by atoms with van der Waals surface area (Å²) in [5.41, 5.74) is 0.263. The van der Waals surface area contributed by atoms with E-state index < -0.39 is 5.82 Å². The Balaban J connectivity index is 1.27. The first-order chi connectivity index (χ1) is 14.7. The predicted molar refractivity (Wildman–Crippen MR) is 103 cm³/mol. The van der Waals surface area contributed by atoms with Gasteiger partial charge in [-0.1, -0.05) is 23.7 Å². The molecule has 5 rings (SSSR count). The molecule has 0 radical (unpaired) electrons. The molecule has 1 amide bonds. The number of benzene rings is 1. The van der Waals surface area contributed by atoms with Crippen molar-refractivity contribution in [1.82, 2.24) is 25.2 Å². The summed E-state index contributed by atoms with van der Waals surface area (Å²) >= 11 is 0. The zero-order valence-electron chi connectivity index (χ0n) is 16.3. The Kier molecular flexibility index (Phi) is 4.99. The van der Waals surface area contributed by atoms with Crippen molar-refractivity contribution in [3.05, 3.63) is 41.8 Å². The second kappa shape index (κ2) is 7.94. The van der Waals surface area contributed by atoms with Crippen molar-refractivity contribution in [2.75, 3.05) is 18.4 Å². The first kappa shape index (κ1) is 18.9. The van der Waals surface area contributed by atoms with Gasteiger partial charge in [-0.05, 0) is 44.4 Å². The Morgan fingerprint density at radius 2 is 2.07 bits per heavy atom. The molecule has 156 valence electrons. The number of carbonyl (C=O) groups is 1. The predicted octanol–water partition coefficient (Wildman–Crippen LogP) is 3.30. The summed E-state index contributed by atoms with van der Waals surface area (Å²) in [5, 5.41) is 14.7. The van der Waals surface area contributed by atoms with Crippen LogP contribution >= 0.6 is 0 Å². The highest BCUT2D eigenvalue weighted by Gasteiger charge is 2.32. The fourth-order valence-electron chi connectivity index (χ4n) is 3.71. The highest BCUT2D eigenvalue weighted by atomic mass is 19.1. The van der Waals surface area contributed by atoms with Gasteiger partial charge < -0.3 is 8.94 Å². The summed E-state index contributed by atoms with van der Waals surface area (Å²) < 4.78 is 24.9. The molecule has 1 N–H and O–H groups in total. The summed E-state index contributed by atoms with van der Waals surface area (Å²) in [6.07, 6.45) is 4.83. The van der Waals surface area contributed by atoms with E-state index in [4.69, 9.17) is 8.94 Å². The number of likely N-dealkylation sites (tertiary alicyclic amines) is 1. The molecule has 0 unspecified atom stereocenters. The zero-order valence-corrected chi connectivity index (χ0v) is 16.3. The largest absolute Gasteiger partial charge is 0.419 e. The van der Waals surface area contributed by atoms with Crippen LogP contribution < -0.4 is 5.32 Å².